The summed E-state index contributed by atoms with van der Waals surface area (Å²) < 4.78 is 0. The van der Waals surface area contributed by atoms with Crippen molar-refractivity contribution < 1.29 is 9.90 Å². The highest BCUT2D eigenvalue weighted by Crippen LogP contribution is 2.27. The lowest BCUT2D eigenvalue weighted by molar-refractivity contribution is 0.0698. The first-order chi connectivity index (χ1) is 9.50. The fraction of sp³-hybridized carbons (Fsp3) is 0.188. The van der Waals surface area contributed by atoms with E-state index in [0.717, 1.165) is 5.69 Å². The molecule has 2 rings (SSSR count). The molecule has 0 aliphatic carbocycles. The second-order valence-electron chi connectivity index (χ2n) is 4.83. The van der Waals surface area contributed by atoms with E-state index in [1.54, 1.807) is 6.07 Å². The number of nitrogens with two attached hydrogens (primary N) is 1. The van der Waals surface area contributed by atoms with Gasteiger partial charge in [-0.25, -0.2) is 4.79 Å². The average Bonchev–Trinajstić information content (AvgIpc) is 2.41. The molecule has 0 aromatic heterocycles. The summed E-state index contributed by atoms with van der Waals surface area (Å²) in [6, 6.07) is 13.2. The standard InChI is InChI=1S/C16H18N2O2/c1-11-6-3-4-7-12(11)10-18(2)14-9-5-8-13(15(14)17)16(19)20/h3-9H,10,17H2,1-2H3,(H,19,20). The summed E-state index contributed by atoms with van der Waals surface area (Å²) in [7, 11) is 1.91. The van der Waals surface area contributed by atoms with E-state index in [9.17, 15) is 4.79 Å². The summed E-state index contributed by atoms with van der Waals surface area (Å²) in [6.07, 6.45) is 0. The van der Waals surface area contributed by atoms with Crippen LogP contribution in [0.4, 0.5) is 11.4 Å². The zero-order valence-electron chi connectivity index (χ0n) is 11.6. The van der Waals surface area contributed by atoms with Crippen LogP contribution in [0.2, 0.25) is 0 Å². The smallest absolute Gasteiger partial charge is 0.337 e. The SMILES string of the molecule is Cc1ccccc1CN(C)c1cccc(C(=O)O)c1N. The molecule has 0 heterocycles. The number of carbonyl (C=O) groups is 1. The highest BCUT2D eigenvalue weighted by Gasteiger charge is 2.14. The van der Waals surface area contributed by atoms with E-state index in [-0.39, 0.29) is 5.56 Å². The molecule has 4 nitrogen and oxygen atoms in total. The van der Waals surface area contributed by atoms with Gasteiger partial charge in [-0.15, -0.1) is 0 Å². The van der Waals surface area contributed by atoms with Crippen molar-refractivity contribution in [1.29, 1.82) is 0 Å². The summed E-state index contributed by atoms with van der Waals surface area (Å²) in [5.41, 5.74) is 9.52. The van der Waals surface area contributed by atoms with Crippen molar-refractivity contribution in [2.24, 2.45) is 0 Å². The molecule has 0 atom stereocenters. The van der Waals surface area contributed by atoms with Gasteiger partial charge in [-0.3, -0.25) is 0 Å². The third-order valence-corrected chi connectivity index (χ3v) is 3.39. The number of rotatable bonds is 4. The summed E-state index contributed by atoms with van der Waals surface area (Å²) in [5, 5.41) is 9.11. The van der Waals surface area contributed by atoms with E-state index in [1.807, 2.05) is 30.1 Å². The van der Waals surface area contributed by atoms with E-state index >= 15 is 0 Å². The molecule has 20 heavy (non-hydrogen) atoms. The maximum atomic E-state index is 11.1. The molecule has 3 N–H and O–H groups in total. The molecular formula is C16H18N2O2. The van der Waals surface area contributed by atoms with Gasteiger partial charge in [0.15, 0.2) is 0 Å². The quantitative estimate of drug-likeness (QED) is 0.838. The van der Waals surface area contributed by atoms with Crippen LogP contribution >= 0.6 is 0 Å². The van der Waals surface area contributed by atoms with E-state index in [4.69, 9.17) is 10.8 Å². The molecule has 104 valence electrons. The Bertz CT molecular complexity index is 638. The number of nitrogens with zero attached hydrogens (tertiary/aromatic N) is 1. The topological polar surface area (TPSA) is 66.6 Å². The van der Waals surface area contributed by atoms with Crippen LogP contribution in [0, 0.1) is 6.92 Å². The van der Waals surface area contributed by atoms with Crippen molar-refractivity contribution in [3.05, 3.63) is 59.2 Å². The minimum absolute atomic E-state index is 0.138. The van der Waals surface area contributed by atoms with Crippen LogP contribution in [0.5, 0.6) is 0 Å². The van der Waals surface area contributed by atoms with Crippen LogP contribution in [-0.4, -0.2) is 18.1 Å². The number of para-hydroxylation sites is 1. The van der Waals surface area contributed by atoms with Gasteiger partial charge >= 0.3 is 5.97 Å². The normalized spacial score (nSPS) is 10.3. The Morgan fingerprint density at radius 3 is 2.55 bits per heavy atom. The first-order valence-corrected chi connectivity index (χ1v) is 6.38. The second-order valence-corrected chi connectivity index (χ2v) is 4.83. The lowest BCUT2D eigenvalue weighted by Gasteiger charge is -2.22. The van der Waals surface area contributed by atoms with E-state index in [2.05, 4.69) is 19.1 Å². The molecule has 0 unspecified atom stereocenters. The predicted molar refractivity (Wildman–Crippen MR) is 81.1 cm³/mol. The molecule has 0 radical (unpaired) electrons. The Morgan fingerprint density at radius 1 is 1.20 bits per heavy atom. The molecule has 0 aliphatic rings. The number of nitrogen functional groups attached to an aromatic ring is 1. The summed E-state index contributed by atoms with van der Waals surface area (Å²) in [4.78, 5) is 13.1. The number of carboxylic acids is 1. The number of aromatic carboxylic acids is 1. The average molecular weight is 270 g/mol. The third kappa shape index (κ3) is 2.74. The van der Waals surface area contributed by atoms with Crippen molar-refractivity contribution >= 4 is 17.3 Å². The van der Waals surface area contributed by atoms with Crippen LogP contribution in [0.15, 0.2) is 42.5 Å². The summed E-state index contributed by atoms with van der Waals surface area (Å²) in [6.45, 7) is 2.74. The van der Waals surface area contributed by atoms with Crippen molar-refractivity contribution in [2.75, 3.05) is 17.7 Å². The number of hydrogen-bond donors (Lipinski definition) is 2. The molecule has 0 bridgehead atoms. The molecule has 0 saturated carbocycles. The van der Waals surface area contributed by atoms with Gasteiger partial charge in [0.05, 0.1) is 16.9 Å². The lowest BCUT2D eigenvalue weighted by Crippen LogP contribution is -2.19. The monoisotopic (exact) mass is 270 g/mol. The third-order valence-electron chi connectivity index (χ3n) is 3.39. The Hall–Kier alpha value is -2.49. The Labute approximate surface area is 118 Å². The Balaban J connectivity index is 2.30. The molecular weight excluding hydrogens is 252 g/mol. The summed E-state index contributed by atoms with van der Waals surface area (Å²) >= 11 is 0. The fourth-order valence-corrected chi connectivity index (χ4v) is 2.20. The minimum atomic E-state index is -1.01. The van der Waals surface area contributed by atoms with E-state index < -0.39 is 5.97 Å². The van der Waals surface area contributed by atoms with Gasteiger partial charge in [0.2, 0.25) is 0 Å². The fourth-order valence-electron chi connectivity index (χ4n) is 2.20. The summed E-state index contributed by atoms with van der Waals surface area (Å²) in [5.74, 6) is -1.01. The van der Waals surface area contributed by atoms with Crippen molar-refractivity contribution in [2.45, 2.75) is 13.5 Å². The molecule has 0 fully saturated rings. The van der Waals surface area contributed by atoms with Gasteiger partial charge in [0.1, 0.15) is 0 Å². The molecule has 0 aliphatic heterocycles. The Morgan fingerprint density at radius 2 is 1.90 bits per heavy atom. The van der Waals surface area contributed by atoms with Crippen molar-refractivity contribution in [3.63, 3.8) is 0 Å². The van der Waals surface area contributed by atoms with Crippen LogP contribution in [-0.2, 0) is 6.54 Å². The van der Waals surface area contributed by atoms with E-state index in [0.29, 0.717) is 12.2 Å². The Kier molecular flexibility index (Phi) is 3.94. The highest BCUT2D eigenvalue weighted by atomic mass is 16.4. The van der Waals surface area contributed by atoms with Gasteiger partial charge < -0.3 is 15.7 Å². The van der Waals surface area contributed by atoms with E-state index in [1.165, 1.54) is 17.2 Å². The molecule has 0 spiro atoms. The first-order valence-electron chi connectivity index (χ1n) is 6.38. The van der Waals surface area contributed by atoms with Crippen LogP contribution in [0.1, 0.15) is 21.5 Å². The van der Waals surface area contributed by atoms with Crippen molar-refractivity contribution in [1.82, 2.24) is 0 Å². The zero-order valence-corrected chi connectivity index (χ0v) is 11.6. The van der Waals surface area contributed by atoms with Crippen LogP contribution < -0.4 is 10.6 Å². The van der Waals surface area contributed by atoms with Gasteiger partial charge in [0, 0.05) is 13.6 Å². The van der Waals surface area contributed by atoms with Crippen LogP contribution in [0.25, 0.3) is 0 Å². The van der Waals surface area contributed by atoms with Crippen molar-refractivity contribution in [3.8, 4) is 0 Å². The molecule has 0 saturated heterocycles. The maximum absolute atomic E-state index is 11.1. The number of benzene rings is 2. The number of carboxylic acid groups (broad SMARTS) is 1. The lowest BCUT2D eigenvalue weighted by atomic mass is 10.1. The van der Waals surface area contributed by atoms with Gasteiger partial charge in [-0.05, 0) is 30.2 Å². The molecule has 0 amide bonds. The maximum Gasteiger partial charge on any atom is 0.337 e. The predicted octanol–water partition coefficient (Wildman–Crippen LogP) is 2.91. The largest absolute Gasteiger partial charge is 0.478 e. The number of aryl methyl sites for hydroxylation is 1. The van der Waals surface area contributed by atoms with Gasteiger partial charge in [-0.2, -0.15) is 0 Å². The molecule has 2 aromatic carbocycles. The number of hydrogen-bond acceptors (Lipinski definition) is 3. The molecule has 4 heteroatoms. The first kappa shape index (κ1) is 13.9. The molecule has 2 aromatic rings. The van der Waals surface area contributed by atoms with Crippen LogP contribution in [0.3, 0.4) is 0 Å². The highest BCUT2D eigenvalue weighted by molar-refractivity contribution is 5.97. The van der Waals surface area contributed by atoms with Gasteiger partial charge in [0.25, 0.3) is 0 Å². The minimum Gasteiger partial charge on any atom is -0.478 e. The van der Waals surface area contributed by atoms with Gasteiger partial charge in [-0.1, -0.05) is 30.3 Å². The zero-order chi connectivity index (χ0) is 14.7. The number of anilines is 2. The second kappa shape index (κ2) is 5.65.